The molecule has 2 N–H and O–H groups in total. The molecule has 138 valence electrons. The summed E-state index contributed by atoms with van der Waals surface area (Å²) < 4.78 is 5.37. The number of ether oxygens (including phenoxy) is 1. The number of nitrogens with zero attached hydrogens (tertiary/aromatic N) is 1. The quantitative estimate of drug-likeness (QED) is 0.765. The molecule has 1 atom stereocenters. The van der Waals surface area contributed by atoms with Crippen molar-refractivity contribution in [2.75, 3.05) is 39.4 Å². The van der Waals surface area contributed by atoms with Gasteiger partial charge in [-0.2, -0.15) is 0 Å². The molecule has 0 spiro atoms. The van der Waals surface area contributed by atoms with Crippen LogP contribution in [0, 0.1) is 0 Å². The summed E-state index contributed by atoms with van der Waals surface area (Å²) in [6, 6.07) is 19.2. The zero-order valence-electron chi connectivity index (χ0n) is 15.3. The summed E-state index contributed by atoms with van der Waals surface area (Å²) in [6.45, 7) is 7.65. The second kappa shape index (κ2) is 9.67. The average Bonchev–Trinajstić information content (AvgIpc) is 2.69. The molecule has 2 aromatic rings. The molecule has 0 aliphatic carbocycles. The van der Waals surface area contributed by atoms with Gasteiger partial charge in [-0.3, -0.25) is 4.90 Å². The summed E-state index contributed by atoms with van der Waals surface area (Å²) in [5, 5.41) is 7.38. The highest BCUT2D eigenvalue weighted by molar-refractivity contribution is 7.80. The van der Waals surface area contributed by atoms with Gasteiger partial charge in [0.1, 0.15) is 0 Å². The maximum Gasteiger partial charge on any atom is 0.166 e. The standard InChI is InChI=1S/C21H27N3OS/c1-17(23-21(26)22-11-12-24-13-15-25-16-14-24)18-7-9-20(10-8-18)19-5-3-2-4-6-19/h2-10,17H,11-16H2,1H3,(H2,22,23,26)/t17-/m1/s1. The first-order valence-electron chi connectivity index (χ1n) is 9.22. The Labute approximate surface area is 161 Å². The second-order valence-electron chi connectivity index (χ2n) is 6.56. The van der Waals surface area contributed by atoms with Crippen LogP contribution in [0.4, 0.5) is 0 Å². The van der Waals surface area contributed by atoms with Crippen LogP contribution in [0.5, 0.6) is 0 Å². The van der Waals surface area contributed by atoms with Crippen molar-refractivity contribution in [2.45, 2.75) is 13.0 Å². The number of benzene rings is 2. The van der Waals surface area contributed by atoms with Gasteiger partial charge in [0.25, 0.3) is 0 Å². The third-order valence-electron chi connectivity index (χ3n) is 4.68. The number of rotatable bonds is 6. The van der Waals surface area contributed by atoms with E-state index in [9.17, 15) is 0 Å². The van der Waals surface area contributed by atoms with E-state index in [1.165, 1.54) is 16.7 Å². The van der Waals surface area contributed by atoms with E-state index in [1.54, 1.807) is 0 Å². The van der Waals surface area contributed by atoms with E-state index < -0.39 is 0 Å². The number of thiocarbonyl (C=S) groups is 1. The third kappa shape index (κ3) is 5.53. The van der Waals surface area contributed by atoms with Crippen molar-refractivity contribution in [1.29, 1.82) is 0 Å². The minimum absolute atomic E-state index is 0.170. The van der Waals surface area contributed by atoms with E-state index in [2.05, 4.69) is 71.0 Å². The lowest BCUT2D eigenvalue weighted by Gasteiger charge is -2.27. The molecular formula is C21H27N3OS. The van der Waals surface area contributed by atoms with E-state index in [-0.39, 0.29) is 6.04 Å². The zero-order chi connectivity index (χ0) is 18.2. The summed E-state index contributed by atoms with van der Waals surface area (Å²) >= 11 is 5.43. The molecule has 1 aliphatic heterocycles. The van der Waals surface area contributed by atoms with Crippen LogP contribution >= 0.6 is 12.2 Å². The normalized spacial score (nSPS) is 16.0. The Morgan fingerprint density at radius 2 is 1.69 bits per heavy atom. The molecule has 0 radical (unpaired) electrons. The van der Waals surface area contributed by atoms with Crippen LogP contribution in [0.15, 0.2) is 54.6 Å². The van der Waals surface area contributed by atoms with Gasteiger partial charge in [-0.1, -0.05) is 54.6 Å². The summed E-state index contributed by atoms with van der Waals surface area (Å²) in [7, 11) is 0. The topological polar surface area (TPSA) is 36.5 Å². The van der Waals surface area contributed by atoms with Gasteiger partial charge in [0.15, 0.2) is 5.11 Å². The maximum atomic E-state index is 5.43. The van der Waals surface area contributed by atoms with Gasteiger partial charge in [0.2, 0.25) is 0 Å². The fourth-order valence-electron chi connectivity index (χ4n) is 3.08. The van der Waals surface area contributed by atoms with Crippen molar-refractivity contribution < 1.29 is 4.74 Å². The Balaban J connectivity index is 1.45. The van der Waals surface area contributed by atoms with Crippen LogP contribution in [0.3, 0.4) is 0 Å². The summed E-state index contributed by atoms with van der Waals surface area (Å²) in [4.78, 5) is 2.39. The van der Waals surface area contributed by atoms with Gasteiger partial charge in [0.05, 0.1) is 19.3 Å². The van der Waals surface area contributed by atoms with Gasteiger partial charge in [-0.05, 0) is 35.8 Å². The van der Waals surface area contributed by atoms with Crippen LogP contribution in [-0.2, 0) is 4.74 Å². The molecule has 2 aromatic carbocycles. The highest BCUT2D eigenvalue weighted by Crippen LogP contribution is 2.21. The zero-order valence-corrected chi connectivity index (χ0v) is 16.1. The first kappa shape index (κ1) is 18.8. The Morgan fingerprint density at radius 3 is 2.38 bits per heavy atom. The molecule has 0 saturated carbocycles. The van der Waals surface area contributed by atoms with Crippen molar-refractivity contribution in [3.8, 4) is 11.1 Å². The van der Waals surface area contributed by atoms with Gasteiger partial charge >= 0.3 is 0 Å². The van der Waals surface area contributed by atoms with Gasteiger partial charge < -0.3 is 15.4 Å². The van der Waals surface area contributed by atoms with Gasteiger partial charge in [0, 0.05) is 26.2 Å². The SMILES string of the molecule is C[C@@H](NC(=S)NCCN1CCOCC1)c1ccc(-c2ccccc2)cc1. The predicted molar refractivity (Wildman–Crippen MR) is 111 cm³/mol. The molecular weight excluding hydrogens is 342 g/mol. The second-order valence-corrected chi connectivity index (χ2v) is 6.97. The van der Waals surface area contributed by atoms with E-state index in [4.69, 9.17) is 17.0 Å². The number of nitrogens with one attached hydrogen (secondary N) is 2. The average molecular weight is 370 g/mol. The number of hydrogen-bond donors (Lipinski definition) is 2. The van der Waals surface area contributed by atoms with E-state index in [1.807, 2.05) is 6.07 Å². The summed E-state index contributed by atoms with van der Waals surface area (Å²) in [5.74, 6) is 0. The van der Waals surface area contributed by atoms with E-state index in [0.29, 0.717) is 5.11 Å². The third-order valence-corrected chi connectivity index (χ3v) is 4.94. The Bertz CT molecular complexity index is 684. The molecule has 3 rings (SSSR count). The van der Waals surface area contributed by atoms with Gasteiger partial charge in [-0.15, -0.1) is 0 Å². The molecule has 0 unspecified atom stereocenters. The molecule has 0 bridgehead atoms. The molecule has 1 aliphatic rings. The van der Waals surface area contributed by atoms with Crippen molar-refractivity contribution in [3.05, 3.63) is 60.2 Å². The lowest BCUT2D eigenvalue weighted by Crippen LogP contribution is -2.44. The fourth-order valence-corrected chi connectivity index (χ4v) is 3.36. The molecule has 26 heavy (non-hydrogen) atoms. The molecule has 1 saturated heterocycles. The van der Waals surface area contributed by atoms with Crippen LogP contribution in [0.1, 0.15) is 18.5 Å². The maximum absolute atomic E-state index is 5.43. The minimum Gasteiger partial charge on any atom is -0.379 e. The Kier molecular flexibility index (Phi) is 7.00. The molecule has 1 fully saturated rings. The largest absolute Gasteiger partial charge is 0.379 e. The van der Waals surface area contributed by atoms with Crippen LogP contribution < -0.4 is 10.6 Å². The molecule has 5 heteroatoms. The Morgan fingerprint density at radius 1 is 1.04 bits per heavy atom. The first-order valence-corrected chi connectivity index (χ1v) is 9.63. The smallest absolute Gasteiger partial charge is 0.166 e. The Hall–Kier alpha value is -1.95. The number of morpholine rings is 1. The van der Waals surface area contributed by atoms with E-state index in [0.717, 1.165) is 39.4 Å². The first-order chi connectivity index (χ1) is 12.7. The molecule has 4 nitrogen and oxygen atoms in total. The van der Waals surface area contributed by atoms with Crippen LogP contribution in [-0.4, -0.2) is 49.4 Å². The summed E-state index contributed by atoms with van der Waals surface area (Å²) in [6.07, 6.45) is 0. The van der Waals surface area contributed by atoms with Crippen LogP contribution in [0.25, 0.3) is 11.1 Å². The lowest BCUT2D eigenvalue weighted by atomic mass is 10.0. The highest BCUT2D eigenvalue weighted by Gasteiger charge is 2.11. The molecule has 0 aromatic heterocycles. The van der Waals surface area contributed by atoms with Crippen molar-refractivity contribution in [3.63, 3.8) is 0 Å². The number of hydrogen-bond acceptors (Lipinski definition) is 3. The highest BCUT2D eigenvalue weighted by atomic mass is 32.1. The lowest BCUT2D eigenvalue weighted by molar-refractivity contribution is 0.0389. The fraction of sp³-hybridized carbons (Fsp3) is 0.381. The monoisotopic (exact) mass is 369 g/mol. The predicted octanol–water partition coefficient (Wildman–Crippen LogP) is 3.21. The van der Waals surface area contributed by atoms with Crippen molar-refractivity contribution in [2.24, 2.45) is 0 Å². The molecule has 1 heterocycles. The van der Waals surface area contributed by atoms with Crippen molar-refractivity contribution in [1.82, 2.24) is 15.5 Å². The van der Waals surface area contributed by atoms with Crippen molar-refractivity contribution >= 4 is 17.3 Å². The van der Waals surface area contributed by atoms with Gasteiger partial charge in [-0.25, -0.2) is 0 Å². The minimum atomic E-state index is 0.170. The van der Waals surface area contributed by atoms with Crippen LogP contribution in [0.2, 0.25) is 0 Å². The summed E-state index contributed by atoms with van der Waals surface area (Å²) in [5.41, 5.74) is 3.69. The van der Waals surface area contributed by atoms with E-state index >= 15 is 0 Å². The molecule has 0 amide bonds.